The summed E-state index contributed by atoms with van der Waals surface area (Å²) in [5.74, 6) is 0.399. The standard InChI is InChI=1S/C16H32N4O2.HI/c1-12(2)11-19-14(17)18-9-8-10-20(13(3)4)15(21)22-16(5,6)7;/h13H,1,8-11H2,2-7H3,(H3,17,18,19);1H. The first-order valence-electron chi connectivity index (χ1n) is 7.70. The highest BCUT2D eigenvalue weighted by Gasteiger charge is 2.23. The molecule has 6 nitrogen and oxygen atoms in total. The van der Waals surface area contributed by atoms with Crippen molar-refractivity contribution in [2.45, 2.75) is 59.6 Å². The number of nitrogens with two attached hydrogens (primary N) is 1. The molecule has 0 heterocycles. The summed E-state index contributed by atoms with van der Waals surface area (Å²) in [5, 5.41) is 3.03. The first kappa shape index (κ1) is 24.3. The van der Waals surface area contributed by atoms with Crippen molar-refractivity contribution in [2.24, 2.45) is 10.7 Å². The Kier molecular flexibility index (Phi) is 12.2. The molecular formula is C16H33IN4O2. The summed E-state index contributed by atoms with van der Waals surface area (Å²) in [4.78, 5) is 18.0. The Morgan fingerprint density at radius 2 is 1.96 bits per heavy atom. The van der Waals surface area contributed by atoms with Gasteiger partial charge in [0.05, 0.1) is 6.54 Å². The van der Waals surface area contributed by atoms with Crippen molar-refractivity contribution < 1.29 is 9.53 Å². The minimum atomic E-state index is -0.484. The number of halogens is 1. The lowest BCUT2D eigenvalue weighted by Gasteiger charge is -2.30. The number of carbonyl (C=O) groups is 1. The van der Waals surface area contributed by atoms with Crippen molar-refractivity contribution in [1.29, 1.82) is 0 Å². The Morgan fingerprint density at radius 3 is 2.39 bits per heavy atom. The molecule has 0 aliphatic heterocycles. The largest absolute Gasteiger partial charge is 0.444 e. The second-order valence-corrected chi connectivity index (χ2v) is 6.71. The van der Waals surface area contributed by atoms with Crippen LogP contribution in [0.1, 0.15) is 48.0 Å². The molecule has 0 fully saturated rings. The maximum atomic E-state index is 12.1. The summed E-state index contributed by atoms with van der Waals surface area (Å²) in [6.45, 7) is 17.0. The highest BCUT2D eigenvalue weighted by Crippen LogP contribution is 2.12. The maximum absolute atomic E-state index is 12.1. The van der Waals surface area contributed by atoms with E-state index in [1.807, 2.05) is 41.5 Å². The van der Waals surface area contributed by atoms with Crippen molar-refractivity contribution in [3.8, 4) is 0 Å². The smallest absolute Gasteiger partial charge is 0.410 e. The van der Waals surface area contributed by atoms with Crippen LogP contribution >= 0.6 is 24.0 Å². The zero-order chi connectivity index (χ0) is 17.3. The monoisotopic (exact) mass is 440 g/mol. The predicted octanol–water partition coefficient (Wildman–Crippen LogP) is 3.12. The first-order chi connectivity index (χ1) is 10.0. The number of ether oxygens (including phenoxy) is 1. The van der Waals surface area contributed by atoms with Gasteiger partial charge in [-0.2, -0.15) is 0 Å². The number of hydrogen-bond donors (Lipinski definition) is 2. The van der Waals surface area contributed by atoms with Gasteiger partial charge in [-0.1, -0.05) is 12.2 Å². The fourth-order valence-corrected chi connectivity index (χ4v) is 1.62. The molecule has 0 radical (unpaired) electrons. The molecule has 0 saturated heterocycles. The second kappa shape index (κ2) is 11.5. The van der Waals surface area contributed by atoms with Crippen LogP contribution in [0.15, 0.2) is 17.1 Å². The minimum absolute atomic E-state index is 0. The van der Waals surface area contributed by atoms with Gasteiger partial charge in [-0.05, 0) is 48.0 Å². The van der Waals surface area contributed by atoms with Gasteiger partial charge in [-0.3, -0.25) is 0 Å². The van der Waals surface area contributed by atoms with E-state index in [2.05, 4.69) is 16.9 Å². The molecule has 0 aliphatic rings. The molecule has 0 spiro atoms. The van der Waals surface area contributed by atoms with Crippen molar-refractivity contribution in [1.82, 2.24) is 10.2 Å². The van der Waals surface area contributed by atoms with Crippen LogP contribution in [-0.4, -0.2) is 48.2 Å². The van der Waals surface area contributed by atoms with Crippen LogP contribution in [0.4, 0.5) is 4.79 Å². The van der Waals surface area contributed by atoms with Crippen LogP contribution in [0.25, 0.3) is 0 Å². The van der Waals surface area contributed by atoms with Gasteiger partial charge in [-0.25, -0.2) is 9.79 Å². The Morgan fingerprint density at radius 1 is 1.39 bits per heavy atom. The van der Waals surface area contributed by atoms with Gasteiger partial charge >= 0.3 is 6.09 Å². The van der Waals surface area contributed by atoms with Crippen LogP contribution in [0.2, 0.25) is 0 Å². The first-order valence-corrected chi connectivity index (χ1v) is 7.70. The normalized spacial score (nSPS) is 11.7. The summed E-state index contributed by atoms with van der Waals surface area (Å²) < 4.78 is 5.41. The number of carbonyl (C=O) groups excluding carboxylic acids is 1. The Bertz CT molecular complexity index is 403. The molecule has 0 aromatic rings. The van der Waals surface area contributed by atoms with Gasteiger partial charge in [0.2, 0.25) is 0 Å². The fourth-order valence-electron chi connectivity index (χ4n) is 1.62. The van der Waals surface area contributed by atoms with Crippen LogP contribution in [0.3, 0.4) is 0 Å². The van der Waals surface area contributed by atoms with E-state index < -0.39 is 5.60 Å². The summed E-state index contributed by atoms with van der Waals surface area (Å²) >= 11 is 0. The summed E-state index contributed by atoms with van der Waals surface area (Å²) in [5.41, 5.74) is 6.21. The lowest BCUT2D eigenvalue weighted by molar-refractivity contribution is 0.0190. The number of aliphatic imine (C=N–C) groups is 1. The van der Waals surface area contributed by atoms with Crippen molar-refractivity contribution in [3.63, 3.8) is 0 Å². The topological polar surface area (TPSA) is 80.0 Å². The third-order valence-electron chi connectivity index (χ3n) is 2.65. The van der Waals surface area contributed by atoms with E-state index in [9.17, 15) is 4.79 Å². The molecule has 136 valence electrons. The quantitative estimate of drug-likeness (QED) is 0.210. The Hall–Kier alpha value is -0.990. The van der Waals surface area contributed by atoms with Crippen LogP contribution in [-0.2, 0) is 4.74 Å². The molecule has 0 rings (SSSR count). The predicted molar refractivity (Wildman–Crippen MR) is 107 cm³/mol. The van der Waals surface area contributed by atoms with E-state index in [-0.39, 0.29) is 36.1 Å². The van der Waals surface area contributed by atoms with Gasteiger partial charge in [-0.15, -0.1) is 24.0 Å². The van der Waals surface area contributed by atoms with Crippen LogP contribution in [0.5, 0.6) is 0 Å². The van der Waals surface area contributed by atoms with Crippen molar-refractivity contribution >= 4 is 36.0 Å². The molecule has 0 saturated carbocycles. The molecular weight excluding hydrogens is 407 g/mol. The van der Waals surface area contributed by atoms with Gasteiger partial charge in [0.15, 0.2) is 5.96 Å². The zero-order valence-corrected chi connectivity index (χ0v) is 17.6. The average Bonchev–Trinajstić information content (AvgIpc) is 2.33. The molecule has 0 aromatic carbocycles. The zero-order valence-electron chi connectivity index (χ0n) is 15.3. The van der Waals surface area contributed by atoms with Crippen LogP contribution < -0.4 is 11.1 Å². The van der Waals surface area contributed by atoms with E-state index in [4.69, 9.17) is 10.5 Å². The number of rotatable bonds is 7. The van der Waals surface area contributed by atoms with E-state index in [0.29, 0.717) is 25.6 Å². The SMILES string of the molecule is C=C(C)CN=C(N)NCCCN(C(=O)OC(C)(C)C)C(C)C.I. The molecule has 0 atom stereocenters. The Balaban J connectivity index is 0. The van der Waals surface area contributed by atoms with Crippen molar-refractivity contribution in [3.05, 3.63) is 12.2 Å². The summed E-state index contributed by atoms with van der Waals surface area (Å²) in [6.07, 6.45) is 0.479. The van der Waals surface area contributed by atoms with E-state index in [1.54, 1.807) is 4.90 Å². The van der Waals surface area contributed by atoms with Gasteiger partial charge in [0.1, 0.15) is 5.60 Å². The third kappa shape index (κ3) is 13.2. The number of nitrogens with zero attached hydrogens (tertiary/aromatic N) is 2. The number of hydrogen-bond acceptors (Lipinski definition) is 3. The van der Waals surface area contributed by atoms with Crippen LogP contribution in [0, 0.1) is 0 Å². The highest BCUT2D eigenvalue weighted by atomic mass is 127. The maximum Gasteiger partial charge on any atom is 0.410 e. The average molecular weight is 440 g/mol. The lowest BCUT2D eigenvalue weighted by atomic mass is 10.2. The van der Waals surface area contributed by atoms with Gasteiger partial charge < -0.3 is 20.7 Å². The molecule has 3 N–H and O–H groups in total. The number of amides is 1. The summed E-state index contributed by atoms with van der Waals surface area (Å²) in [7, 11) is 0. The molecule has 0 unspecified atom stereocenters. The molecule has 1 amide bonds. The van der Waals surface area contributed by atoms with Crippen molar-refractivity contribution in [2.75, 3.05) is 19.6 Å². The van der Waals surface area contributed by atoms with Gasteiger partial charge in [0, 0.05) is 19.1 Å². The van der Waals surface area contributed by atoms with E-state index in [1.165, 1.54) is 0 Å². The van der Waals surface area contributed by atoms with Gasteiger partial charge in [0.25, 0.3) is 0 Å². The molecule has 7 heteroatoms. The van der Waals surface area contributed by atoms with E-state index >= 15 is 0 Å². The minimum Gasteiger partial charge on any atom is -0.444 e. The third-order valence-corrected chi connectivity index (χ3v) is 2.65. The Labute approximate surface area is 157 Å². The number of guanidine groups is 1. The molecule has 0 bridgehead atoms. The fraction of sp³-hybridized carbons (Fsp3) is 0.750. The summed E-state index contributed by atoms with van der Waals surface area (Å²) in [6, 6.07) is 0.0873. The number of nitrogens with one attached hydrogen (secondary N) is 1. The molecule has 0 aromatic heterocycles. The lowest BCUT2D eigenvalue weighted by Crippen LogP contribution is -2.42. The molecule has 23 heavy (non-hydrogen) atoms. The second-order valence-electron chi connectivity index (χ2n) is 6.71. The molecule has 0 aliphatic carbocycles. The van der Waals surface area contributed by atoms with E-state index in [0.717, 1.165) is 12.0 Å². The highest BCUT2D eigenvalue weighted by molar-refractivity contribution is 14.0.